The summed E-state index contributed by atoms with van der Waals surface area (Å²) in [5.41, 5.74) is 3.22. The summed E-state index contributed by atoms with van der Waals surface area (Å²) >= 11 is 6.95. The number of H-pyrrole nitrogens is 1. The summed E-state index contributed by atoms with van der Waals surface area (Å²) in [6, 6.07) is 11.0. The summed E-state index contributed by atoms with van der Waals surface area (Å²) in [5.74, 6) is 0.401. The second-order valence-corrected chi connectivity index (χ2v) is 6.21. The molecule has 3 rings (SSSR count). The van der Waals surface area contributed by atoms with Gasteiger partial charge in [0.05, 0.1) is 18.2 Å². The molecule has 0 spiro atoms. The lowest BCUT2D eigenvalue weighted by atomic mass is 10.1. The number of methoxy groups -OCH3 is 1. The number of imidazole rings is 1. The number of carbonyl (C=O) groups excluding carboxylic acids is 1. The van der Waals surface area contributed by atoms with Gasteiger partial charge in [-0.05, 0) is 40.2 Å². The first-order valence-corrected chi connectivity index (χ1v) is 7.70. The normalized spacial score (nSPS) is 10.8. The van der Waals surface area contributed by atoms with E-state index in [0.717, 1.165) is 31.4 Å². The summed E-state index contributed by atoms with van der Waals surface area (Å²) in [6.45, 7) is 0. The molecule has 0 bridgehead atoms. The molecule has 1 N–H and O–H groups in total. The molecule has 0 saturated heterocycles. The number of fused-ring (bicyclic) bond motifs is 1. The number of nitrogens with one attached hydrogen (secondary N) is 1. The van der Waals surface area contributed by atoms with Crippen molar-refractivity contribution in [2.45, 2.75) is 0 Å². The van der Waals surface area contributed by atoms with E-state index in [-0.39, 0.29) is 5.97 Å². The molecule has 0 atom stereocenters. The predicted octanol–water partition coefficient (Wildman–Crippen LogP) is 4.54. The Hall–Kier alpha value is -1.66. The highest BCUT2D eigenvalue weighted by Crippen LogP contribution is 2.29. The minimum atomic E-state index is -0.349. The van der Waals surface area contributed by atoms with Crippen molar-refractivity contribution in [3.05, 3.63) is 50.9 Å². The number of hydrogen-bond donors (Lipinski definition) is 1. The fourth-order valence-corrected chi connectivity index (χ4v) is 3.37. The molecule has 21 heavy (non-hydrogen) atoms. The van der Waals surface area contributed by atoms with Gasteiger partial charge in [0, 0.05) is 14.5 Å². The molecule has 0 amide bonds. The van der Waals surface area contributed by atoms with Crippen LogP contribution in [-0.2, 0) is 4.74 Å². The highest BCUT2D eigenvalue weighted by Gasteiger charge is 2.10. The van der Waals surface area contributed by atoms with Gasteiger partial charge < -0.3 is 9.72 Å². The lowest BCUT2D eigenvalue weighted by Gasteiger charge is -2.00. The lowest BCUT2D eigenvalue weighted by Crippen LogP contribution is -2.00. The number of ether oxygens (including phenoxy) is 1. The predicted molar refractivity (Wildman–Crippen MR) is 88.3 cm³/mol. The minimum absolute atomic E-state index is 0.349. The number of aromatic nitrogens is 2. The Balaban J connectivity index is 2.04. The zero-order chi connectivity index (χ0) is 15.0. The van der Waals surface area contributed by atoms with Gasteiger partial charge in [0.25, 0.3) is 0 Å². The third-order valence-electron chi connectivity index (χ3n) is 3.08. The molecule has 0 aliphatic rings. The molecule has 6 heteroatoms. The molecule has 0 aliphatic heterocycles. The number of aromatic amines is 1. The van der Waals surface area contributed by atoms with Crippen LogP contribution in [0.25, 0.3) is 22.4 Å². The quantitative estimate of drug-likeness (QED) is 0.632. The van der Waals surface area contributed by atoms with Crippen molar-refractivity contribution in [2.24, 2.45) is 0 Å². The molecule has 0 fully saturated rings. The van der Waals surface area contributed by atoms with E-state index < -0.39 is 0 Å². The van der Waals surface area contributed by atoms with E-state index >= 15 is 0 Å². The van der Waals surface area contributed by atoms with Crippen molar-refractivity contribution >= 4 is 48.9 Å². The second kappa shape index (κ2) is 5.61. The average molecular weight is 410 g/mol. The topological polar surface area (TPSA) is 55.0 Å². The van der Waals surface area contributed by atoms with E-state index in [4.69, 9.17) is 0 Å². The van der Waals surface area contributed by atoms with Crippen molar-refractivity contribution in [2.75, 3.05) is 7.11 Å². The van der Waals surface area contributed by atoms with Crippen LogP contribution < -0.4 is 0 Å². The van der Waals surface area contributed by atoms with Crippen LogP contribution >= 0.6 is 31.9 Å². The number of esters is 1. The maximum atomic E-state index is 11.4. The minimum Gasteiger partial charge on any atom is -0.465 e. The van der Waals surface area contributed by atoms with Crippen molar-refractivity contribution < 1.29 is 9.53 Å². The van der Waals surface area contributed by atoms with Crippen molar-refractivity contribution in [3.8, 4) is 11.4 Å². The Kier molecular flexibility index (Phi) is 3.82. The molecule has 1 heterocycles. The lowest BCUT2D eigenvalue weighted by molar-refractivity contribution is 0.0601. The van der Waals surface area contributed by atoms with E-state index in [0.29, 0.717) is 5.56 Å². The van der Waals surface area contributed by atoms with Gasteiger partial charge in [-0.3, -0.25) is 0 Å². The third-order valence-corrected chi connectivity index (χ3v) is 4.15. The average Bonchev–Trinajstić information content (AvgIpc) is 2.91. The number of nitrogens with zero attached hydrogens (tertiary/aromatic N) is 1. The molecule has 2 aromatic carbocycles. The Morgan fingerprint density at radius 3 is 2.57 bits per heavy atom. The summed E-state index contributed by atoms with van der Waals surface area (Å²) in [4.78, 5) is 19.3. The molecule has 1 aromatic heterocycles. The molecular weight excluding hydrogens is 400 g/mol. The van der Waals surface area contributed by atoms with Crippen molar-refractivity contribution in [3.63, 3.8) is 0 Å². The number of hydrogen-bond acceptors (Lipinski definition) is 3. The van der Waals surface area contributed by atoms with Crippen LogP contribution in [0.15, 0.2) is 45.3 Å². The van der Waals surface area contributed by atoms with Crippen LogP contribution in [0.3, 0.4) is 0 Å². The molecule has 0 unspecified atom stereocenters. The van der Waals surface area contributed by atoms with Crippen LogP contribution in [0, 0.1) is 0 Å². The summed E-state index contributed by atoms with van der Waals surface area (Å²) in [5, 5.41) is 0. The Labute approximate surface area is 137 Å². The summed E-state index contributed by atoms with van der Waals surface area (Å²) < 4.78 is 6.57. The highest BCUT2D eigenvalue weighted by molar-refractivity contribution is 9.11. The van der Waals surface area contributed by atoms with Crippen LogP contribution in [0.4, 0.5) is 0 Å². The first-order valence-electron chi connectivity index (χ1n) is 6.12. The van der Waals surface area contributed by atoms with E-state index in [1.807, 2.05) is 24.3 Å². The van der Waals surface area contributed by atoms with Gasteiger partial charge in [-0.15, -0.1) is 0 Å². The summed E-state index contributed by atoms with van der Waals surface area (Å²) in [7, 11) is 1.37. The molecule has 0 aliphatic carbocycles. The number of rotatable bonds is 2. The van der Waals surface area contributed by atoms with Gasteiger partial charge in [0.2, 0.25) is 0 Å². The maximum absolute atomic E-state index is 11.4. The largest absolute Gasteiger partial charge is 0.465 e. The van der Waals surface area contributed by atoms with Gasteiger partial charge in [-0.25, -0.2) is 9.78 Å². The monoisotopic (exact) mass is 408 g/mol. The van der Waals surface area contributed by atoms with Gasteiger partial charge in [-0.2, -0.15) is 0 Å². The zero-order valence-corrected chi connectivity index (χ0v) is 14.2. The van der Waals surface area contributed by atoms with Gasteiger partial charge >= 0.3 is 5.97 Å². The highest BCUT2D eigenvalue weighted by atomic mass is 79.9. The van der Waals surface area contributed by atoms with E-state index in [1.54, 1.807) is 12.1 Å². The fourth-order valence-electron chi connectivity index (χ4n) is 2.06. The zero-order valence-electron chi connectivity index (χ0n) is 11.0. The molecular formula is C15H10Br2N2O2. The SMILES string of the molecule is COC(=O)c1ccc(-c2nc3c(Br)cc(Br)cc3[nH]2)cc1. The van der Waals surface area contributed by atoms with Gasteiger partial charge in [-0.1, -0.05) is 28.1 Å². The molecule has 0 radical (unpaired) electrons. The van der Waals surface area contributed by atoms with Gasteiger partial charge in [0.1, 0.15) is 11.3 Å². The number of benzene rings is 2. The van der Waals surface area contributed by atoms with E-state index in [9.17, 15) is 4.79 Å². The first-order chi connectivity index (χ1) is 10.1. The molecule has 3 aromatic rings. The van der Waals surface area contributed by atoms with Crippen molar-refractivity contribution in [1.82, 2.24) is 9.97 Å². The third kappa shape index (κ3) is 2.73. The van der Waals surface area contributed by atoms with E-state index in [2.05, 4.69) is 46.6 Å². The number of carbonyl (C=O) groups is 1. The van der Waals surface area contributed by atoms with Gasteiger partial charge in [0.15, 0.2) is 0 Å². The van der Waals surface area contributed by atoms with Crippen LogP contribution in [-0.4, -0.2) is 23.0 Å². The van der Waals surface area contributed by atoms with Crippen LogP contribution in [0.5, 0.6) is 0 Å². The molecule has 106 valence electrons. The second-order valence-electron chi connectivity index (χ2n) is 4.44. The Bertz CT molecular complexity index is 826. The summed E-state index contributed by atoms with van der Waals surface area (Å²) in [6.07, 6.45) is 0. The molecule has 0 saturated carbocycles. The standard InChI is InChI=1S/C15H10Br2N2O2/c1-21-15(20)9-4-2-8(3-5-9)14-18-12-7-10(16)6-11(17)13(12)19-14/h2-7H,1H3,(H,18,19). The first kappa shape index (κ1) is 14.3. The Morgan fingerprint density at radius 1 is 1.19 bits per heavy atom. The van der Waals surface area contributed by atoms with Crippen LogP contribution in [0.1, 0.15) is 10.4 Å². The van der Waals surface area contributed by atoms with E-state index in [1.165, 1.54) is 7.11 Å². The van der Waals surface area contributed by atoms with Crippen molar-refractivity contribution in [1.29, 1.82) is 0 Å². The fraction of sp³-hybridized carbons (Fsp3) is 0.0667. The van der Waals surface area contributed by atoms with Crippen LogP contribution in [0.2, 0.25) is 0 Å². The smallest absolute Gasteiger partial charge is 0.337 e. The Morgan fingerprint density at radius 2 is 1.90 bits per heavy atom. The maximum Gasteiger partial charge on any atom is 0.337 e. The number of halogens is 2. The molecule has 4 nitrogen and oxygen atoms in total.